The van der Waals surface area contributed by atoms with Crippen LogP contribution in [-0.2, 0) is 41.3 Å². The maximum Gasteiger partial charge on any atom is 0.573 e. The molecule has 0 spiro atoms. The summed E-state index contributed by atoms with van der Waals surface area (Å²) in [6.07, 6.45) is 6.52. The van der Waals surface area contributed by atoms with Crippen LogP contribution in [0.3, 0.4) is 0 Å². The van der Waals surface area contributed by atoms with E-state index in [-0.39, 0.29) is 128 Å². The lowest BCUT2D eigenvalue weighted by Gasteiger charge is -2.14. The number of terminal acetylenes is 1. The normalized spacial score (nSPS) is 10.9. The van der Waals surface area contributed by atoms with E-state index >= 15 is 0 Å². The lowest BCUT2D eigenvalue weighted by Crippen LogP contribution is -2.20. The second-order valence-electron chi connectivity index (χ2n) is 27.4. The van der Waals surface area contributed by atoms with Crippen molar-refractivity contribution < 1.29 is 109 Å². The van der Waals surface area contributed by atoms with Crippen LogP contribution < -0.4 is 14.8 Å². The Morgan fingerprint density at radius 3 is 1.38 bits per heavy atom. The van der Waals surface area contributed by atoms with Crippen molar-refractivity contribution in [1.29, 1.82) is 0 Å². The van der Waals surface area contributed by atoms with Gasteiger partial charge >= 0.3 is 36.2 Å². The Labute approximate surface area is 722 Å². The number of hydrogen-bond acceptors (Lipinski definition) is 17. The van der Waals surface area contributed by atoms with Gasteiger partial charge in [0.2, 0.25) is 0 Å². The second-order valence-corrected chi connectivity index (χ2v) is 29.4. The zero-order valence-corrected chi connectivity index (χ0v) is 68.6. The van der Waals surface area contributed by atoms with Gasteiger partial charge in [-0.3, -0.25) is 38.9 Å². The summed E-state index contributed by atoms with van der Waals surface area (Å²) in [5, 5.41) is 54.1. The van der Waals surface area contributed by atoms with Crippen LogP contribution in [0, 0.1) is 19.3 Å². The van der Waals surface area contributed by atoms with Gasteiger partial charge in [0.15, 0.2) is 44.5 Å². The number of carboxylic acid groups (broad SMARTS) is 5. The van der Waals surface area contributed by atoms with Gasteiger partial charge in [-0.1, -0.05) is 213 Å². The maximum absolute atomic E-state index is 12.4. The number of alkyl halides is 3. The Morgan fingerprint density at radius 1 is 0.468 bits per heavy atom. The smallest absolute Gasteiger partial charge is 0.494 e. The van der Waals surface area contributed by atoms with Crippen molar-refractivity contribution >= 4 is 85.9 Å². The average Bonchev–Trinajstić information content (AvgIpc) is 0.868. The fraction of sp³-hybridized carbons (Fsp3) is 0.133. The number of amides is 1. The molecule has 0 radical (unpaired) electrons. The van der Waals surface area contributed by atoms with E-state index < -0.39 is 57.7 Å². The molecule has 12 aromatic rings. The number of halogens is 3. The molecule has 0 saturated heterocycles. The van der Waals surface area contributed by atoms with Crippen molar-refractivity contribution in [3.63, 3.8) is 0 Å². The van der Waals surface area contributed by atoms with Crippen LogP contribution in [0.5, 0.6) is 11.5 Å². The first-order valence-electron chi connectivity index (χ1n) is 38.6. The van der Waals surface area contributed by atoms with Gasteiger partial charge in [0.25, 0.3) is 5.91 Å². The van der Waals surface area contributed by atoms with Gasteiger partial charge in [-0.05, 0) is 139 Å². The number of allylic oxidation sites excluding steroid dienone is 1. The number of aromatic amines is 1. The molecule has 1 aromatic heterocycles. The van der Waals surface area contributed by atoms with E-state index in [0.29, 0.717) is 47.0 Å². The van der Waals surface area contributed by atoms with Crippen molar-refractivity contribution in [2.45, 2.75) is 75.8 Å². The van der Waals surface area contributed by atoms with Crippen LogP contribution in [0.15, 0.2) is 307 Å². The number of nitrogens with one attached hydrogen (secondary N) is 2. The first-order valence-corrected chi connectivity index (χ1v) is 40.3. The van der Waals surface area contributed by atoms with Crippen LogP contribution in [-0.4, -0.2) is 134 Å². The van der Waals surface area contributed by atoms with Crippen LogP contribution in [0.1, 0.15) is 179 Å². The number of carbonyl (C=O) groups is 11. The minimum absolute atomic E-state index is 0.0229. The first kappa shape index (κ1) is 95.6. The standard InChI is InChI=1S/C23H18O3S.C17H16O4.C17H16O3.C15H10F3NO4.C13H12N2O3.C13H11NO3/c1-2-18-8-10-19(11-9-18)16-23(24)21-14-12-20(13-15-21)17-27(25,26)22-6-4-3-5-7-22;18-16(14-9-4-5-10-15(14)17(19)20)11-6-12-21-13-7-2-1-3-8-13;1-2-12-6-5-7-13(10-12)11-16(18)14-8-3-4-9-15(14)17(19)20;16-15(17,18)23-12-8-4-3-7-11(12)19-13(20)9-5-1-2-6-10(9)14(21)22;1-8-6-9(15-14-8)7-12(16)10-4-2-3-5-11(10)13(17)18;15-12(8-9-4-3-7-14-9)10-5-1-2-6-11(10)13(16)17/h1,3-15H,16-17H2;1-5,7-10H,6,11-12H2,(H,19,20);3-10H,2,11H2,1H3,(H,19,20);1-8H,(H,19,20)(H,21,22);2-6H,7H2,1H3,(H,14,15)(H,17,18);1-6H,7-8H2,(H,16,17). The fourth-order valence-electron chi connectivity index (χ4n) is 12.1. The van der Waals surface area contributed by atoms with Crippen LogP contribution in [0.25, 0.3) is 0 Å². The molecule has 0 aliphatic carbocycles. The molecule has 1 amide bonds. The average molecular weight is 1730 g/mol. The number of carboxylic acids is 5. The molecule has 126 heavy (non-hydrogen) atoms. The number of hydrogen-bond donors (Lipinski definition) is 7. The monoisotopic (exact) mass is 1720 g/mol. The summed E-state index contributed by atoms with van der Waals surface area (Å²) in [7, 11) is -3.40. The number of aliphatic imine (C=N–C) groups is 1. The number of H-pyrrole nitrogens is 1. The number of anilines is 1. The van der Waals surface area contributed by atoms with Crippen LogP contribution in [0.2, 0.25) is 0 Å². The number of sulfone groups is 1. The zero-order chi connectivity index (χ0) is 91.3. The number of ketones is 5. The highest BCUT2D eigenvalue weighted by Gasteiger charge is 2.33. The minimum atomic E-state index is -4.92. The highest BCUT2D eigenvalue weighted by molar-refractivity contribution is 7.90. The molecule has 13 rings (SSSR count). The Hall–Kier alpha value is -15.9. The number of Topliss-reactive ketones (excluding diaryl/α,β-unsaturated/α-hetero) is 5. The number of rotatable bonds is 30. The van der Waals surface area contributed by atoms with Gasteiger partial charge in [0.05, 0.1) is 81.4 Å². The molecule has 0 atom stereocenters. The molecule has 1 aliphatic heterocycles. The lowest BCUT2D eigenvalue weighted by molar-refractivity contribution is -0.274. The third-order valence-corrected chi connectivity index (χ3v) is 20.0. The molecule has 7 N–H and O–H groups in total. The number of nitrogens with zero attached hydrogens (tertiary/aromatic N) is 2. The minimum Gasteiger partial charge on any atom is -0.494 e. The Bertz CT molecular complexity index is 6120. The van der Waals surface area contributed by atoms with E-state index in [1.807, 2.05) is 79.7 Å². The number of benzene rings is 11. The highest BCUT2D eigenvalue weighted by Crippen LogP contribution is 2.31. The number of carbonyl (C=O) groups excluding carboxylic acids is 6. The van der Waals surface area contributed by atoms with E-state index in [0.717, 1.165) is 40.6 Å². The molecule has 2 heterocycles. The molecule has 0 saturated carbocycles. The number of aryl methyl sites for hydroxylation is 2. The molecule has 0 bridgehead atoms. The van der Waals surface area contributed by atoms with Crippen molar-refractivity contribution in [3.05, 3.63) is 398 Å². The highest BCUT2D eigenvalue weighted by atomic mass is 32.2. The quantitative estimate of drug-likeness (QED) is 0.0125. The van der Waals surface area contributed by atoms with Crippen molar-refractivity contribution in [3.8, 4) is 23.8 Å². The van der Waals surface area contributed by atoms with Crippen molar-refractivity contribution in [2.75, 3.05) is 18.5 Å². The first-order chi connectivity index (χ1) is 60.3. The summed E-state index contributed by atoms with van der Waals surface area (Å²) >= 11 is 0. The number of ether oxygens (including phenoxy) is 2. The fourth-order valence-corrected chi connectivity index (χ4v) is 13.5. The summed E-state index contributed by atoms with van der Waals surface area (Å²) < 4.78 is 71.2. The van der Waals surface area contributed by atoms with E-state index in [1.54, 1.807) is 140 Å². The summed E-state index contributed by atoms with van der Waals surface area (Å²) in [5.41, 5.74) is 7.59. The van der Waals surface area contributed by atoms with Gasteiger partial charge in [-0.25, -0.2) is 32.4 Å². The molecule has 1 aliphatic rings. The zero-order valence-electron chi connectivity index (χ0n) is 67.7. The van der Waals surface area contributed by atoms with Crippen LogP contribution >= 0.6 is 0 Å². The van der Waals surface area contributed by atoms with E-state index in [4.69, 9.17) is 36.7 Å². The molecule has 0 fully saturated rings. The number of aromatic carboxylic acids is 5. The third-order valence-electron chi connectivity index (χ3n) is 18.3. The predicted molar refractivity (Wildman–Crippen MR) is 465 cm³/mol. The number of para-hydroxylation sites is 3. The van der Waals surface area contributed by atoms with E-state index in [2.05, 4.69) is 38.1 Å². The lowest BCUT2D eigenvalue weighted by atomic mass is 9.97. The Kier molecular flexibility index (Phi) is 35.9. The number of aromatic nitrogens is 2. The summed E-state index contributed by atoms with van der Waals surface area (Å²) in [4.78, 5) is 133. The molecule has 642 valence electrons. The molecule has 11 aromatic carbocycles. The summed E-state index contributed by atoms with van der Waals surface area (Å²) in [6, 6.07) is 76.6. The summed E-state index contributed by atoms with van der Waals surface area (Å²) in [6.45, 7) is 4.92. The third kappa shape index (κ3) is 30.1. The van der Waals surface area contributed by atoms with Gasteiger partial charge in [0, 0.05) is 64.0 Å². The predicted octanol–water partition coefficient (Wildman–Crippen LogP) is 18.2. The SMILES string of the molecule is C#Cc1ccc(CC(=O)c2ccc(CS(=O)(=O)c3ccccc3)cc2)cc1.CCc1cccc(CC(=O)c2ccccc2C(=O)O)c1.Cc1cc(CC(=O)c2ccccc2C(=O)O)n[nH]1.O=C(O)c1ccccc1C(=O)CC1=NCC=C1.O=C(O)c1ccccc1C(=O)CCCOc1ccccc1.O=C(O)c1ccccc1C(=O)Nc1ccccc1OC(F)(F)F. The molecule has 0 unspecified atom stereocenters. The second kappa shape index (κ2) is 47.4. The maximum atomic E-state index is 12.4. The van der Waals surface area contributed by atoms with Crippen LogP contribution in [0.4, 0.5) is 18.9 Å². The van der Waals surface area contributed by atoms with Crippen molar-refractivity contribution in [1.82, 2.24) is 10.2 Å². The largest absolute Gasteiger partial charge is 0.573 e. The van der Waals surface area contributed by atoms with Gasteiger partial charge in [-0.15, -0.1) is 19.6 Å². The topological polar surface area (TPSA) is 395 Å². The molecule has 28 heteroatoms. The summed E-state index contributed by atoms with van der Waals surface area (Å²) in [5.74, 6) is -4.76. The van der Waals surface area contributed by atoms with Gasteiger partial charge in [-0.2, -0.15) is 5.10 Å². The van der Waals surface area contributed by atoms with Gasteiger partial charge in [0.1, 0.15) is 5.75 Å². The van der Waals surface area contributed by atoms with Crippen molar-refractivity contribution in [2.24, 2.45) is 4.99 Å². The molecular formula is C98H83F3N4O20S. The Balaban J connectivity index is 0.000000188. The molecule has 24 nitrogen and oxygen atoms in total. The van der Waals surface area contributed by atoms with Gasteiger partial charge < -0.3 is 40.3 Å². The molecular weight excluding hydrogens is 1640 g/mol. The van der Waals surface area contributed by atoms with E-state index in [9.17, 15) is 74.3 Å². The Morgan fingerprint density at radius 2 is 0.905 bits per heavy atom. The van der Waals surface area contributed by atoms with E-state index in [1.165, 1.54) is 84.4 Å².